The van der Waals surface area contributed by atoms with Crippen LogP contribution in [-0.4, -0.2) is 21.9 Å². The number of amides is 1. The van der Waals surface area contributed by atoms with E-state index in [0.717, 1.165) is 15.6 Å². The van der Waals surface area contributed by atoms with Crippen molar-refractivity contribution in [3.8, 4) is 0 Å². The van der Waals surface area contributed by atoms with Crippen molar-refractivity contribution >= 4 is 39.8 Å². The lowest BCUT2D eigenvalue weighted by Gasteiger charge is -2.05. The molecule has 1 aromatic heterocycles. The Labute approximate surface area is 165 Å². The molecule has 3 aromatic rings. The number of benzene rings is 2. The quantitative estimate of drug-likeness (QED) is 0.572. The third-order valence-corrected chi connectivity index (χ3v) is 5.87. The van der Waals surface area contributed by atoms with Crippen molar-refractivity contribution in [2.75, 3.05) is 11.1 Å². The van der Waals surface area contributed by atoms with Gasteiger partial charge in [0.1, 0.15) is 5.82 Å². The largest absolute Gasteiger partial charge is 0.351 e. The Morgan fingerprint density at radius 2 is 1.89 bits per heavy atom. The molecule has 0 aliphatic carbocycles. The van der Waals surface area contributed by atoms with Gasteiger partial charge in [0, 0.05) is 12.2 Å². The van der Waals surface area contributed by atoms with Crippen molar-refractivity contribution in [2.45, 2.75) is 24.7 Å². The van der Waals surface area contributed by atoms with E-state index in [2.05, 4.69) is 46.8 Å². The maximum atomic E-state index is 12.9. The van der Waals surface area contributed by atoms with Crippen molar-refractivity contribution in [1.29, 1.82) is 0 Å². The molecular weight excluding hydrogens is 383 g/mol. The molecule has 0 fully saturated rings. The minimum Gasteiger partial charge on any atom is -0.351 e. The molecule has 27 heavy (non-hydrogen) atoms. The monoisotopic (exact) mass is 402 g/mol. The van der Waals surface area contributed by atoms with E-state index in [-0.39, 0.29) is 17.5 Å². The minimum atomic E-state index is -0.290. The van der Waals surface area contributed by atoms with Crippen LogP contribution in [0.2, 0.25) is 0 Å². The van der Waals surface area contributed by atoms with E-state index in [1.807, 2.05) is 6.07 Å². The number of nitrogens with zero attached hydrogens (tertiary/aromatic N) is 2. The predicted octanol–water partition coefficient (Wildman–Crippen LogP) is 4.45. The lowest BCUT2D eigenvalue weighted by molar-refractivity contribution is -0.118. The third-order valence-electron chi connectivity index (χ3n) is 3.89. The van der Waals surface area contributed by atoms with Gasteiger partial charge in [-0.3, -0.25) is 4.79 Å². The molecule has 0 spiro atoms. The Balaban J connectivity index is 1.46. The zero-order valence-corrected chi connectivity index (χ0v) is 16.6. The van der Waals surface area contributed by atoms with Crippen LogP contribution >= 0.6 is 23.1 Å². The summed E-state index contributed by atoms with van der Waals surface area (Å²) in [5, 5.41) is 14.9. The zero-order chi connectivity index (χ0) is 19.2. The van der Waals surface area contributed by atoms with Gasteiger partial charge in [-0.2, -0.15) is 0 Å². The van der Waals surface area contributed by atoms with E-state index in [4.69, 9.17) is 0 Å². The molecular formula is C19H19FN4OS2. The van der Waals surface area contributed by atoms with Crippen LogP contribution < -0.4 is 10.6 Å². The van der Waals surface area contributed by atoms with Crippen LogP contribution in [0.1, 0.15) is 16.7 Å². The van der Waals surface area contributed by atoms with E-state index in [9.17, 15) is 9.18 Å². The maximum absolute atomic E-state index is 12.9. The first-order valence-electron chi connectivity index (χ1n) is 8.31. The molecule has 0 aliphatic rings. The Morgan fingerprint density at radius 3 is 2.63 bits per heavy atom. The number of nitrogens with one attached hydrogen (secondary N) is 2. The second-order valence-electron chi connectivity index (χ2n) is 5.99. The first-order chi connectivity index (χ1) is 13.0. The minimum absolute atomic E-state index is 0.108. The maximum Gasteiger partial charge on any atom is 0.230 e. The zero-order valence-electron chi connectivity index (χ0n) is 15.0. The summed E-state index contributed by atoms with van der Waals surface area (Å²) in [4.78, 5) is 12.0. The van der Waals surface area contributed by atoms with E-state index >= 15 is 0 Å². The van der Waals surface area contributed by atoms with Crippen LogP contribution in [0.15, 0.2) is 46.8 Å². The number of carbonyl (C=O) groups excluding carboxylic acids is 1. The molecule has 0 bridgehead atoms. The van der Waals surface area contributed by atoms with Crippen LogP contribution in [0.5, 0.6) is 0 Å². The van der Waals surface area contributed by atoms with Gasteiger partial charge in [0.2, 0.25) is 11.0 Å². The van der Waals surface area contributed by atoms with Crippen molar-refractivity contribution in [3.05, 3.63) is 65.0 Å². The van der Waals surface area contributed by atoms with Gasteiger partial charge in [-0.1, -0.05) is 41.3 Å². The van der Waals surface area contributed by atoms with E-state index in [0.29, 0.717) is 11.7 Å². The Bertz CT molecular complexity index is 928. The van der Waals surface area contributed by atoms with Gasteiger partial charge in [-0.15, -0.1) is 10.2 Å². The normalized spacial score (nSPS) is 10.6. The molecule has 0 saturated carbocycles. The van der Waals surface area contributed by atoms with Crippen LogP contribution in [0, 0.1) is 19.7 Å². The number of anilines is 2. The smallest absolute Gasteiger partial charge is 0.230 e. The number of aryl methyl sites for hydroxylation is 2. The highest BCUT2D eigenvalue weighted by atomic mass is 32.2. The second-order valence-corrected chi connectivity index (χ2v) is 8.19. The SMILES string of the molecule is Cc1ccc(Nc2nnc(SCC(=O)NCc3ccc(F)cc3)s2)cc1C. The lowest BCUT2D eigenvalue weighted by atomic mass is 10.1. The number of rotatable bonds is 7. The molecule has 0 radical (unpaired) electrons. The van der Waals surface area contributed by atoms with Crippen molar-refractivity contribution < 1.29 is 9.18 Å². The summed E-state index contributed by atoms with van der Waals surface area (Å²) in [6, 6.07) is 12.2. The fourth-order valence-electron chi connectivity index (χ4n) is 2.24. The summed E-state index contributed by atoms with van der Waals surface area (Å²) >= 11 is 2.74. The number of thioether (sulfide) groups is 1. The first kappa shape index (κ1) is 19.3. The predicted molar refractivity (Wildman–Crippen MR) is 108 cm³/mol. The van der Waals surface area contributed by atoms with Gasteiger partial charge >= 0.3 is 0 Å². The fourth-order valence-corrected chi connectivity index (χ4v) is 3.84. The van der Waals surface area contributed by atoms with Gasteiger partial charge < -0.3 is 10.6 Å². The van der Waals surface area contributed by atoms with Gasteiger partial charge in [0.25, 0.3) is 0 Å². The van der Waals surface area contributed by atoms with Gasteiger partial charge in [0.15, 0.2) is 4.34 Å². The Morgan fingerprint density at radius 1 is 1.11 bits per heavy atom. The van der Waals surface area contributed by atoms with Crippen LogP contribution in [0.4, 0.5) is 15.2 Å². The molecule has 2 N–H and O–H groups in total. The molecule has 0 atom stereocenters. The molecule has 0 aliphatic heterocycles. The lowest BCUT2D eigenvalue weighted by Crippen LogP contribution is -2.24. The molecule has 5 nitrogen and oxygen atoms in total. The summed E-state index contributed by atoms with van der Waals surface area (Å²) in [5.41, 5.74) is 4.26. The molecule has 3 rings (SSSR count). The molecule has 0 unspecified atom stereocenters. The molecule has 2 aromatic carbocycles. The van der Waals surface area contributed by atoms with Crippen LogP contribution in [-0.2, 0) is 11.3 Å². The summed E-state index contributed by atoms with van der Waals surface area (Å²) < 4.78 is 13.6. The van der Waals surface area contributed by atoms with E-state index < -0.39 is 0 Å². The summed E-state index contributed by atoms with van der Waals surface area (Å²) in [7, 11) is 0. The summed E-state index contributed by atoms with van der Waals surface area (Å²) in [6.07, 6.45) is 0. The van der Waals surface area contributed by atoms with Gasteiger partial charge in [-0.05, 0) is 54.8 Å². The van der Waals surface area contributed by atoms with E-state index in [1.54, 1.807) is 12.1 Å². The number of halogens is 1. The Kier molecular flexibility index (Phi) is 6.41. The highest BCUT2D eigenvalue weighted by molar-refractivity contribution is 8.01. The number of hydrogen-bond acceptors (Lipinski definition) is 6. The molecule has 0 saturated heterocycles. The molecule has 140 valence electrons. The highest BCUT2D eigenvalue weighted by Gasteiger charge is 2.09. The van der Waals surface area contributed by atoms with Gasteiger partial charge in [0.05, 0.1) is 5.75 Å². The van der Waals surface area contributed by atoms with Gasteiger partial charge in [-0.25, -0.2) is 4.39 Å². The van der Waals surface area contributed by atoms with Crippen LogP contribution in [0.3, 0.4) is 0 Å². The van der Waals surface area contributed by atoms with Crippen molar-refractivity contribution in [2.24, 2.45) is 0 Å². The molecule has 1 heterocycles. The van der Waals surface area contributed by atoms with Crippen molar-refractivity contribution in [3.63, 3.8) is 0 Å². The molecule has 1 amide bonds. The van der Waals surface area contributed by atoms with Crippen molar-refractivity contribution in [1.82, 2.24) is 15.5 Å². The summed E-state index contributed by atoms with van der Waals surface area (Å²) in [5.74, 6) is -0.148. The number of hydrogen-bond donors (Lipinski definition) is 2. The standard InChI is InChI=1S/C19H19FN4OS2/c1-12-3-8-16(9-13(12)2)22-18-23-24-19(27-18)26-11-17(25)21-10-14-4-6-15(20)7-5-14/h3-9H,10-11H2,1-2H3,(H,21,25)(H,22,23). The fraction of sp³-hybridized carbons (Fsp3) is 0.211. The Hall–Kier alpha value is -2.45. The topological polar surface area (TPSA) is 66.9 Å². The highest BCUT2D eigenvalue weighted by Crippen LogP contribution is 2.28. The third kappa shape index (κ3) is 5.77. The average Bonchev–Trinajstić information content (AvgIpc) is 3.10. The van der Waals surface area contributed by atoms with E-state index in [1.165, 1.54) is 46.4 Å². The number of carbonyl (C=O) groups is 1. The molecule has 8 heteroatoms. The first-order valence-corrected chi connectivity index (χ1v) is 10.1. The summed E-state index contributed by atoms with van der Waals surface area (Å²) in [6.45, 7) is 4.50. The number of aromatic nitrogens is 2. The average molecular weight is 403 g/mol. The second kappa shape index (κ2) is 8.96. The van der Waals surface area contributed by atoms with Crippen LogP contribution in [0.25, 0.3) is 0 Å².